The molecule has 0 fully saturated rings. The Morgan fingerprint density at radius 2 is 2.05 bits per heavy atom. The van der Waals surface area contributed by atoms with Crippen molar-refractivity contribution >= 4 is 23.6 Å². The number of ether oxygens (including phenoxy) is 2. The van der Waals surface area contributed by atoms with E-state index in [1.807, 2.05) is 0 Å². The molecule has 22 heavy (non-hydrogen) atoms. The Morgan fingerprint density at radius 1 is 1.32 bits per heavy atom. The fourth-order valence-corrected chi connectivity index (χ4v) is 2.24. The molecule has 0 heterocycles. The molecule has 0 amide bonds. The Morgan fingerprint density at radius 3 is 2.64 bits per heavy atom. The van der Waals surface area contributed by atoms with E-state index in [9.17, 15) is 9.18 Å². The van der Waals surface area contributed by atoms with Gasteiger partial charge in [0, 0.05) is 17.3 Å². The minimum Gasteiger partial charge on any atom is -0.497 e. The average Bonchev–Trinajstić information content (AvgIpc) is 2.50. The SMILES string of the molecule is COc1ccc(O[C@H](C=O)c2cc(F)cc(N)c2C)c(Cl)c1. The molecule has 0 radical (unpaired) electrons. The molecule has 0 unspecified atom stereocenters. The van der Waals surface area contributed by atoms with Crippen molar-refractivity contribution in [3.63, 3.8) is 0 Å². The van der Waals surface area contributed by atoms with E-state index in [-0.39, 0.29) is 10.7 Å². The van der Waals surface area contributed by atoms with E-state index in [4.69, 9.17) is 26.8 Å². The quantitative estimate of drug-likeness (QED) is 0.673. The van der Waals surface area contributed by atoms with Crippen LogP contribution < -0.4 is 15.2 Å². The number of nitrogen functional groups attached to an aromatic ring is 1. The maximum absolute atomic E-state index is 13.5. The number of hydrogen-bond donors (Lipinski definition) is 1. The van der Waals surface area contributed by atoms with E-state index >= 15 is 0 Å². The summed E-state index contributed by atoms with van der Waals surface area (Å²) in [4.78, 5) is 11.4. The first-order chi connectivity index (χ1) is 10.5. The van der Waals surface area contributed by atoms with Crippen LogP contribution in [0, 0.1) is 12.7 Å². The van der Waals surface area contributed by atoms with Crippen LogP contribution in [0.2, 0.25) is 5.02 Å². The van der Waals surface area contributed by atoms with Crippen molar-refractivity contribution in [2.24, 2.45) is 0 Å². The second-order valence-electron chi connectivity index (χ2n) is 4.68. The van der Waals surface area contributed by atoms with Crippen LogP contribution in [-0.4, -0.2) is 13.4 Å². The molecule has 2 aromatic carbocycles. The van der Waals surface area contributed by atoms with Crippen LogP contribution in [0.4, 0.5) is 10.1 Å². The Bertz CT molecular complexity index is 706. The van der Waals surface area contributed by atoms with E-state index in [0.717, 1.165) is 0 Å². The summed E-state index contributed by atoms with van der Waals surface area (Å²) in [5.74, 6) is 0.322. The standard InChI is InChI=1S/C16H15ClFNO3/c1-9-12(5-10(18)6-14(9)19)16(8-20)22-15-4-3-11(21-2)7-13(15)17/h3-8,16H,19H2,1-2H3/t16-/m1/s1. The van der Waals surface area contributed by atoms with E-state index in [0.29, 0.717) is 28.9 Å². The molecule has 0 aliphatic rings. The number of methoxy groups -OCH3 is 1. The van der Waals surface area contributed by atoms with Crippen molar-refractivity contribution in [1.82, 2.24) is 0 Å². The third-order valence-corrected chi connectivity index (χ3v) is 3.57. The minimum absolute atomic E-state index is 0.256. The Balaban J connectivity index is 2.36. The van der Waals surface area contributed by atoms with Gasteiger partial charge in [-0.15, -0.1) is 0 Å². The van der Waals surface area contributed by atoms with Gasteiger partial charge in [-0.25, -0.2) is 4.39 Å². The summed E-state index contributed by atoms with van der Waals surface area (Å²) < 4.78 is 24.2. The molecular weight excluding hydrogens is 309 g/mol. The molecule has 4 nitrogen and oxygen atoms in total. The van der Waals surface area contributed by atoms with Gasteiger partial charge in [0.1, 0.15) is 17.3 Å². The lowest BCUT2D eigenvalue weighted by Crippen LogP contribution is -2.12. The molecule has 0 aliphatic heterocycles. The molecule has 0 saturated heterocycles. The minimum atomic E-state index is -1.01. The van der Waals surface area contributed by atoms with Crippen LogP contribution in [0.5, 0.6) is 11.5 Å². The average molecular weight is 324 g/mol. The zero-order chi connectivity index (χ0) is 16.3. The molecule has 0 saturated carbocycles. The van der Waals surface area contributed by atoms with E-state index in [2.05, 4.69) is 0 Å². The largest absolute Gasteiger partial charge is 0.497 e. The maximum Gasteiger partial charge on any atom is 0.179 e. The van der Waals surface area contributed by atoms with Crippen molar-refractivity contribution in [3.05, 3.63) is 52.3 Å². The molecule has 2 rings (SSSR count). The van der Waals surface area contributed by atoms with Crippen molar-refractivity contribution < 1.29 is 18.7 Å². The summed E-state index contributed by atoms with van der Waals surface area (Å²) >= 11 is 6.08. The van der Waals surface area contributed by atoms with Crippen LogP contribution in [0.15, 0.2) is 30.3 Å². The number of nitrogens with two attached hydrogens (primary N) is 1. The van der Waals surface area contributed by atoms with Gasteiger partial charge in [-0.2, -0.15) is 0 Å². The highest BCUT2D eigenvalue weighted by molar-refractivity contribution is 6.32. The lowest BCUT2D eigenvalue weighted by molar-refractivity contribution is -0.113. The zero-order valence-electron chi connectivity index (χ0n) is 12.1. The van der Waals surface area contributed by atoms with Gasteiger partial charge in [-0.1, -0.05) is 11.6 Å². The number of hydrogen-bond acceptors (Lipinski definition) is 4. The van der Waals surface area contributed by atoms with Gasteiger partial charge in [-0.05, 0) is 36.8 Å². The predicted octanol–water partition coefficient (Wildman–Crippen LogP) is 3.70. The van der Waals surface area contributed by atoms with Crippen molar-refractivity contribution in [1.29, 1.82) is 0 Å². The fraction of sp³-hybridized carbons (Fsp3) is 0.188. The highest BCUT2D eigenvalue weighted by Crippen LogP contribution is 2.33. The third-order valence-electron chi connectivity index (χ3n) is 3.28. The molecule has 2 N–H and O–H groups in total. The van der Waals surface area contributed by atoms with Gasteiger partial charge in [0.25, 0.3) is 0 Å². The molecule has 116 valence electrons. The summed E-state index contributed by atoms with van der Waals surface area (Å²) in [6.45, 7) is 1.69. The van der Waals surface area contributed by atoms with Crippen LogP contribution in [0.1, 0.15) is 17.2 Å². The van der Waals surface area contributed by atoms with E-state index < -0.39 is 11.9 Å². The lowest BCUT2D eigenvalue weighted by Gasteiger charge is -2.18. The van der Waals surface area contributed by atoms with Crippen molar-refractivity contribution in [2.75, 3.05) is 12.8 Å². The smallest absolute Gasteiger partial charge is 0.179 e. The zero-order valence-corrected chi connectivity index (χ0v) is 12.9. The Hall–Kier alpha value is -2.27. The normalized spacial score (nSPS) is 11.8. The Labute approximate surface area is 132 Å². The van der Waals surface area contributed by atoms with Gasteiger partial charge in [-0.3, -0.25) is 4.79 Å². The number of carbonyl (C=O) groups excluding carboxylic acids is 1. The monoisotopic (exact) mass is 323 g/mol. The first-order valence-electron chi connectivity index (χ1n) is 6.47. The number of anilines is 1. The predicted molar refractivity (Wildman–Crippen MR) is 83.0 cm³/mol. The first-order valence-corrected chi connectivity index (χ1v) is 6.85. The highest BCUT2D eigenvalue weighted by atomic mass is 35.5. The topological polar surface area (TPSA) is 61.5 Å². The maximum atomic E-state index is 13.5. The molecule has 0 aliphatic carbocycles. The molecule has 2 aromatic rings. The number of benzene rings is 2. The van der Waals surface area contributed by atoms with Gasteiger partial charge >= 0.3 is 0 Å². The second kappa shape index (κ2) is 6.66. The molecule has 0 spiro atoms. The van der Waals surface area contributed by atoms with Crippen LogP contribution >= 0.6 is 11.6 Å². The molecule has 1 atom stereocenters. The lowest BCUT2D eigenvalue weighted by atomic mass is 10.0. The van der Waals surface area contributed by atoms with Crippen molar-refractivity contribution in [3.8, 4) is 11.5 Å². The van der Waals surface area contributed by atoms with Gasteiger partial charge in [0.05, 0.1) is 12.1 Å². The molecular formula is C16H15ClFNO3. The summed E-state index contributed by atoms with van der Waals surface area (Å²) in [7, 11) is 1.51. The molecule has 6 heteroatoms. The Kier molecular flexibility index (Phi) is 4.88. The number of carbonyl (C=O) groups is 1. The second-order valence-corrected chi connectivity index (χ2v) is 5.09. The number of rotatable bonds is 5. The van der Waals surface area contributed by atoms with Gasteiger partial charge in [0.15, 0.2) is 12.4 Å². The van der Waals surface area contributed by atoms with Crippen LogP contribution in [0.3, 0.4) is 0 Å². The summed E-state index contributed by atoms with van der Waals surface area (Å²) in [5, 5.41) is 0.285. The summed E-state index contributed by atoms with van der Waals surface area (Å²) in [6, 6.07) is 7.21. The highest BCUT2D eigenvalue weighted by Gasteiger charge is 2.19. The fourth-order valence-electron chi connectivity index (χ4n) is 2.02. The number of aldehydes is 1. The van der Waals surface area contributed by atoms with Crippen molar-refractivity contribution in [2.45, 2.75) is 13.0 Å². The van der Waals surface area contributed by atoms with Crippen LogP contribution in [-0.2, 0) is 4.79 Å². The first kappa shape index (κ1) is 16.1. The third kappa shape index (κ3) is 3.31. The molecule has 0 bridgehead atoms. The number of halogens is 2. The van der Waals surface area contributed by atoms with Gasteiger partial charge < -0.3 is 15.2 Å². The van der Waals surface area contributed by atoms with Crippen LogP contribution in [0.25, 0.3) is 0 Å². The van der Waals surface area contributed by atoms with Gasteiger partial charge in [0.2, 0.25) is 0 Å². The summed E-state index contributed by atoms with van der Waals surface area (Å²) in [6.07, 6.45) is -0.439. The molecule has 0 aromatic heterocycles. The van der Waals surface area contributed by atoms with E-state index in [1.165, 1.54) is 19.2 Å². The van der Waals surface area contributed by atoms with E-state index in [1.54, 1.807) is 25.1 Å². The summed E-state index contributed by atoms with van der Waals surface area (Å²) in [5.41, 5.74) is 6.92.